The molecule has 2 aliphatic carbocycles. The Morgan fingerprint density at radius 3 is 2.20 bits per heavy atom. The van der Waals surface area contributed by atoms with Crippen LogP contribution in [0, 0.1) is 0 Å². The maximum absolute atomic E-state index is 12.5. The highest BCUT2D eigenvalue weighted by Crippen LogP contribution is 2.32. The monoisotopic (exact) mass is 300 g/mol. The first-order valence-corrected chi connectivity index (χ1v) is 9.66. The number of carbonyl (C=O) groups is 1. The van der Waals surface area contributed by atoms with Crippen LogP contribution in [0.5, 0.6) is 0 Å². The van der Waals surface area contributed by atoms with Gasteiger partial charge in [-0.3, -0.25) is 0 Å². The summed E-state index contributed by atoms with van der Waals surface area (Å²) >= 11 is 0. The largest absolute Gasteiger partial charge is 0.335 e. The van der Waals surface area contributed by atoms with Crippen molar-refractivity contribution in [2.24, 2.45) is 0 Å². The number of carbonyl (C=O) groups excluding carboxylic acids is 1. The molecular formula is C14H24N2O3S. The Morgan fingerprint density at radius 1 is 0.950 bits per heavy atom. The molecule has 2 saturated carbocycles. The van der Waals surface area contributed by atoms with Crippen LogP contribution >= 0.6 is 0 Å². The van der Waals surface area contributed by atoms with Crippen LogP contribution in [0.1, 0.15) is 51.4 Å². The Bertz CT molecular complexity index is 467. The van der Waals surface area contributed by atoms with Gasteiger partial charge in [-0.15, -0.1) is 0 Å². The summed E-state index contributed by atoms with van der Waals surface area (Å²) < 4.78 is 23.3. The molecule has 2 amide bonds. The second-order valence-corrected chi connectivity index (χ2v) is 8.71. The zero-order valence-corrected chi connectivity index (χ0v) is 12.7. The third-order valence-electron chi connectivity index (χ3n) is 4.71. The predicted molar refractivity (Wildman–Crippen MR) is 77.3 cm³/mol. The van der Waals surface area contributed by atoms with Crippen molar-refractivity contribution in [3.63, 3.8) is 0 Å². The lowest BCUT2D eigenvalue weighted by Gasteiger charge is -2.31. The van der Waals surface area contributed by atoms with Crippen LogP contribution in [-0.2, 0) is 9.84 Å². The number of nitrogens with one attached hydrogen (secondary N) is 1. The molecule has 3 rings (SSSR count). The molecule has 1 heterocycles. The van der Waals surface area contributed by atoms with Crippen LogP contribution in [0.25, 0.3) is 0 Å². The average Bonchev–Trinajstić information content (AvgIpc) is 3.15. The van der Waals surface area contributed by atoms with Crippen LogP contribution in [0.4, 0.5) is 4.79 Å². The number of sulfone groups is 1. The number of urea groups is 1. The van der Waals surface area contributed by atoms with Crippen LogP contribution in [-0.4, -0.2) is 49.0 Å². The molecule has 0 radical (unpaired) electrons. The van der Waals surface area contributed by atoms with Crippen LogP contribution < -0.4 is 5.32 Å². The van der Waals surface area contributed by atoms with Gasteiger partial charge in [-0.2, -0.15) is 0 Å². The highest BCUT2D eigenvalue weighted by atomic mass is 32.2. The Hall–Kier alpha value is -0.780. The van der Waals surface area contributed by atoms with E-state index in [4.69, 9.17) is 0 Å². The van der Waals surface area contributed by atoms with Gasteiger partial charge in [-0.25, -0.2) is 13.2 Å². The zero-order chi connectivity index (χ0) is 14.2. The summed E-state index contributed by atoms with van der Waals surface area (Å²) in [5.74, 6) is 0.388. The first-order chi connectivity index (χ1) is 9.55. The average molecular weight is 300 g/mol. The van der Waals surface area contributed by atoms with Crippen LogP contribution in [0.3, 0.4) is 0 Å². The molecule has 0 aromatic rings. The van der Waals surface area contributed by atoms with E-state index in [1.165, 1.54) is 19.3 Å². The topological polar surface area (TPSA) is 66.5 Å². The van der Waals surface area contributed by atoms with Crippen molar-refractivity contribution in [1.29, 1.82) is 0 Å². The summed E-state index contributed by atoms with van der Waals surface area (Å²) in [6, 6.07) is 0.435. The smallest absolute Gasteiger partial charge is 0.318 e. The molecule has 6 heteroatoms. The first-order valence-electron chi connectivity index (χ1n) is 7.84. The molecule has 1 unspecified atom stereocenters. The Balaban J connectivity index is 1.63. The van der Waals surface area contributed by atoms with Gasteiger partial charge < -0.3 is 10.2 Å². The van der Waals surface area contributed by atoms with Gasteiger partial charge in [-0.05, 0) is 32.1 Å². The molecule has 5 nitrogen and oxygen atoms in total. The van der Waals surface area contributed by atoms with Crippen molar-refractivity contribution >= 4 is 15.9 Å². The molecule has 3 fully saturated rings. The quantitative estimate of drug-likeness (QED) is 0.862. The lowest BCUT2D eigenvalue weighted by molar-refractivity contribution is 0.169. The van der Waals surface area contributed by atoms with Gasteiger partial charge in [0.15, 0.2) is 9.84 Å². The van der Waals surface area contributed by atoms with E-state index in [1.54, 1.807) is 0 Å². The molecule has 0 spiro atoms. The summed E-state index contributed by atoms with van der Waals surface area (Å²) in [4.78, 5) is 14.4. The van der Waals surface area contributed by atoms with E-state index in [0.717, 1.165) is 25.7 Å². The summed E-state index contributed by atoms with van der Waals surface area (Å²) in [5.41, 5.74) is 0. The van der Waals surface area contributed by atoms with Gasteiger partial charge in [0.1, 0.15) is 0 Å². The minimum absolute atomic E-state index is 0.0264. The summed E-state index contributed by atoms with van der Waals surface area (Å²) in [7, 11) is -2.93. The normalized spacial score (nSPS) is 30.1. The van der Waals surface area contributed by atoms with E-state index in [1.807, 2.05) is 4.90 Å². The summed E-state index contributed by atoms with van der Waals surface area (Å²) in [5, 5.41) is 3.14. The molecule has 1 saturated heterocycles. The van der Waals surface area contributed by atoms with Gasteiger partial charge in [0.25, 0.3) is 0 Å². The fourth-order valence-corrected chi connectivity index (χ4v) is 5.18. The maximum atomic E-state index is 12.5. The maximum Gasteiger partial charge on any atom is 0.318 e. The minimum Gasteiger partial charge on any atom is -0.335 e. The number of rotatable bonds is 3. The fraction of sp³-hybridized carbons (Fsp3) is 0.929. The Kier molecular flexibility index (Phi) is 3.93. The van der Waals surface area contributed by atoms with E-state index in [2.05, 4.69) is 5.32 Å². The molecule has 0 aromatic heterocycles. The zero-order valence-electron chi connectivity index (χ0n) is 11.9. The van der Waals surface area contributed by atoms with Crippen molar-refractivity contribution < 1.29 is 13.2 Å². The van der Waals surface area contributed by atoms with E-state index in [9.17, 15) is 13.2 Å². The number of amides is 2. The first kappa shape index (κ1) is 14.2. The van der Waals surface area contributed by atoms with Crippen molar-refractivity contribution in [2.75, 3.05) is 11.5 Å². The van der Waals surface area contributed by atoms with Crippen molar-refractivity contribution in [3.05, 3.63) is 0 Å². The molecular weight excluding hydrogens is 276 g/mol. The second-order valence-electron chi connectivity index (χ2n) is 6.48. The van der Waals surface area contributed by atoms with Crippen molar-refractivity contribution in [3.8, 4) is 0 Å². The molecule has 114 valence electrons. The van der Waals surface area contributed by atoms with E-state index in [0.29, 0.717) is 6.42 Å². The molecule has 3 aliphatic rings. The van der Waals surface area contributed by atoms with E-state index < -0.39 is 9.84 Å². The lowest BCUT2D eigenvalue weighted by Crippen LogP contribution is -2.51. The third-order valence-corrected chi connectivity index (χ3v) is 6.46. The molecule has 0 bridgehead atoms. The molecule has 1 N–H and O–H groups in total. The fourth-order valence-electron chi connectivity index (χ4n) is 3.47. The second kappa shape index (κ2) is 5.54. The van der Waals surface area contributed by atoms with Crippen molar-refractivity contribution in [1.82, 2.24) is 10.2 Å². The SMILES string of the molecule is O=C(NC1CCCCC1)N(C1CC1)C1CCS(=O)(=O)C1. The van der Waals surface area contributed by atoms with Gasteiger partial charge in [0.2, 0.25) is 0 Å². The Morgan fingerprint density at radius 2 is 1.65 bits per heavy atom. The molecule has 1 atom stereocenters. The molecule has 0 aromatic carbocycles. The Labute approximate surface area is 121 Å². The van der Waals surface area contributed by atoms with Gasteiger partial charge in [0, 0.05) is 18.1 Å². The van der Waals surface area contributed by atoms with Gasteiger partial charge in [0.05, 0.1) is 11.5 Å². The lowest BCUT2D eigenvalue weighted by atomic mass is 9.96. The number of hydrogen-bond acceptors (Lipinski definition) is 3. The minimum atomic E-state index is -2.93. The third kappa shape index (κ3) is 3.27. The van der Waals surface area contributed by atoms with Crippen LogP contribution in [0.2, 0.25) is 0 Å². The highest BCUT2D eigenvalue weighted by molar-refractivity contribution is 7.91. The number of hydrogen-bond donors (Lipinski definition) is 1. The molecule has 20 heavy (non-hydrogen) atoms. The van der Waals surface area contributed by atoms with Gasteiger partial charge >= 0.3 is 6.03 Å². The predicted octanol–water partition coefficient (Wildman–Crippen LogP) is 1.68. The van der Waals surface area contributed by atoms with Crippen molar-refractivity contribution in [2.45, 2.75) is 69.5 Å². The number of nitrogens with zero attached hydrogens (tertiary/aromatic N) is 1. The highest BCUT2D eigenvalue weighted by Gasteiger charge is 2.42. The van der Waals surface area contributed by atoms with Gasteiger partial charge in [-0.1, -0.05) is 19.3 Å². The van der Waals surface area contributed by atoms with E-state index in [-0.39, 0.29) is 35.7 Å². The van der Waals surface area contributed by atoms with E-state index >= 15 is 0 Å². The standard InChI is InChI=1S/C14H24N2O3S/c17-14(15-11-4-2-1-3-5-11)16(12-6-7-12)13-8-9-20(18,19)10-13/h11-13H,1-10H2,(H,15,17). The molecule has 1 aliphatic heterocycles. The summed E-state index contributed by atoms with van der Waals surface area (Å²) in [6.45, 7) is 0. The summed E-state index contributed by atoms with van der Waals surface area (Å²) in [6.07, 6.45) is 8.42. The van der Waals surface area contributed by atoms with Crippen LogP contribution in [0.15, 0.2) is 0 Å².